The third-order valence-corrected chi connectivity index (χ3v) is 7.22. The first-order chi connectivity index (χ1) is 19.5. The van der Waals surface area contributed by atoms with E-state index >= 15 is 0 Å². The van der Waals surface area contributed by atoms with Crippen LogP contribution in [0.1, 0.15) is 42.4 Å². The van der Waals surface area contributed by atoms with Crippen molar-refractivity contribution in [2.45, 2.75) is 51.2 Å². The number of nitrogens with one attached hydrogen (secondary N) is 1. The molecule has 8 nitrogen and oxygen atoms in total. The van der Waals surface area contributed by atoms with Gasteiger partial charge in [0.2, 0.25) is 11.8 Å². The maximum absolute atomic E-state index is 12.9. The Balaban J connectivity index is 1.21. The molecule has 1 atom stereocenters. The molecule has 0 aliphatic carbocycles. The first kappa shape index (κ1) is 28.8. The molecule has 1 aromatic heterocycles. The lowest BCUT2D eigenvalue weighted by atomic mass is 9.92. The summed E-state index contributed by atoms with van der Waals surface area (Å²) in [5.74, 6) is 0.371. The van der Waals surface area contributed by atoms with E-state index in [4.69, 9.17) is 9.47 Å². The van der Waals surface area contributed by atoms with E-state index in [1.807, 2.05) is 71.6 Å². The van der Waals surface area contributed by atoms with Gasteiger partial charge in [0.1, 0.15) is 18.4 Å². The molecule has 0 radical (unpaired) electrons. The minimum absolute atomic E-state index is 0.133. The van der Waals surface area contributed by atoms with Crippen LogP contribution in [0.3, 0.4) is 0 Å². The Hall–Kier alpha value is -4.20. The predicted molar refractivity (Wildman–Crippen MR) is 151 cm³/mol. The maximum atomic E-state index is 12.9. The van der Waals surface area contributed by atoms with E-state index in [9.17, 15) is 14.4 Å². The van der Waals surface area contributed by atoms with Crippen molar-refractivity contribution in [1.29, 1.82) is 0 Å². The van der Waals surface area contributed by atoms with Crippen molar-refractivity contribution < 1.29 is 23.9 Å². The molecule has 3 aromatic rings. The van der Waals surface area contributed by atoms with E-state index in [0.29, 0.717) is 45.4 Å². The number of hydrogen-bond donors (Lipinski definition) is 1. The van der Waals surface area contributed by atoms with Crippen molar-refractivity contribution >= 4 is 17.8 Å². The van der Waals surface area contributed by atoms with Gasteiger partial charge in [0.15, 0.2) is 0 Å². The molecule has 2 amide bonds. The fourth-order valence-corrected chi connectivity index (χ4v) is 4.89. The molecule has 1 aliphatic rings. The quantitative estimate of drug-likeness (QED) is 0.345. The second kappa shape index (κ2) is 14.8. The average molecular weight is 544 g/mol. The van der Waals surface area contributed by atoms with Gasteiger partial charge in [0, 0.05) is 44.7 Å². The molecule has 2 heterocycles. The predicted octanol–water partition coefficient (Wildman–Crippen LogP) is 4.12. The average Bonchev–Trinajstić information content (AvgIpc) is 3.00. The molecule has 1 fully saturated rings. The second-order valence-electron chi connectivity index (χ2n) is 10.2. The van der Waals surface area contributed by atoms with E-state index in [0.717, 1.165) is 35.3 Å². The number of aryl methyl sites for hydroxylation is 1. The molecule has 1 N–H and O–H groups in total. The highest BCUT2D eigenvalue weighted by Crippen LogP contribution is 2.22. The van der Waals surface area contributed by atoms with Crippen LogP contribution in [0.4, 0.5) is 0 Å². The van der Waals surface area contributed by atoms with Crippen LogP contribution in [0.25, 0.3) is 0 Å². The number of piperidine rings is 1. The van der Waals surface area contributed by atoms with Gasteiger partial charge in [-0.3, -0.25) is 14.6 Å². The Kier molecular flexibility index (Phi) is 10.7. The number of methoxy groups -OCH3 is 1. The van der Waals surface area contributed by atoms with Gasteiger partial charge in [0.25, 0.3) is 0 Å². The highest BCUT2D eigenvalue weighted by molar-refractivity contribution is 5.84. The molecule has 40 heavy (non-hydrogen) atoms. The molecule has 4 rings (SSSR count). The summed E-state index contributed by atoms with van der Waals surface area (Å²) in [6, 6.07) is 20.5. The Bertz CT molecular complexity index is 1230. The Morgan fingerprint density at radius 3 is 2.35 bits per heavy atom. The number of nitrogens with zero attached hydrogens (tertiary/aromatic N) is 2. The number of amides is 2. The molecule has 0 unspecified atom stereocenters. The van der Waals surface area contributed by atoms with Crippen LogP contribution >= 0.6 is 0 Å². The van der Waals surface area contributed by atoms with Crippen LogP contribution in [0.2, 0.25) is 0 Å². The van der Waals surface area contributed by atoms with Crippen LogP contribution in [-0.4, -0.2) is 53.9 Å². The van der Waals surface area contributed by atoms with Crippen molar-refractivity contribution in [3.8, 4) is 5.75 Å². The SMILES string of the molecule is COC(=O)[C@H](Cc1ccc(OCc2ccccc2)cc1)NC(=O)CC1CCN(C(=O)CCc2cccnc2)CC1. The highest BCUT2D eigenvalue weighted by atomic mass is 16.5. The molecule has 0 saturated carbocycles. The van der Waals surface area contributed by atoms with Crippen LogP contribution in [0.15, 0.2) is 79.1 Å². The van der Waals surface area contributed by atoms with E-state index < -0.39 is 12.0 Å². The monoisotopic (exact) mass is 543 g/mol. The number of pyridine rings is 1. The summed E-state index contributed by atoms with van der Waals surface area (Å²) < 4.78 is 10.8. The first-order valence-corrected chi connectivity index (χ1v) is 13.8. The molecule has 0 spiro atoms. The Morgan fingerprint density at radius 2 is 1.68 bits per heavy atom. The number of esters is 1. The van der Waals surface area contributed by atoms with E-state index in [1.54, 1.807) is 12.4 Å². The summed E-state index contributed by atoms with van der Waals surface area (Å²) in [6.45, 7) is 1.76. The Morgan fingerprint density at radius 1 is 0.950 bits per heavy atom. The number of hydrogen-bond acceptors (Lipinski definition) is 6. The van der Waals surface area contributed by atoms with Crippen molar-refractivity contribution in [3.63, 3.8) is 0 Å². The van der Waals surface area contributed by atoms with Gasteiger partial charge in [-0.25, -0.2) is 4.79 Å². The standard InChI is InChI=1S/C32H37N3O5/c1-39-32(38)29(20-24-9-12-28(13-10-24)40-23-27-6-3-2-4-7-27)34-30(36)21-25-15-18-35(19-16-25)31(37)14-11-26-8-5-17-33-22-26/h2-10,12-13,17,22,25,29H,11,14-16,18-21,23H2,1H3,(H,34,36)/t29-/m0/s1. The lowest BCUT2D eigenvalue weighted by Gasteiger charge is -2.32. The molecule has 0 bridgehead atoms. The van der Waals surface area contributed by atoms with Gasteiger partial charge in [-0.2, -0.15) is 0 Å². The minimum Gasteiger partial charge on any atom is -0.489 e. The summed E-state index contributed by atoms with van der Waals surface area (Å²) in [5, 5.41) is 2.87. The number of benzene rings is 2. The van der Waals surface area contributed by atoms with Gasteiger partial charge in [-0.05, 0) is 60.1 Å². The minimum atomic E-state index is -0.775. The molecule has 210 valence electrons. The summed E-state index contributed by atoms with van der Waals surface area (Å²) in [7, 11) is 1.32. The number of likely N-dealkylation sites (tertiary alicyclic amines) is 1. The lowest BCUT2D eigenvalue weighted by molar-refractivity contribution is -0.145. The number of aromatic nitrogens is 1. The van der Waals surface area contributed by atoms with Crippen molar-refractivity contribution in [1.82, 2.24) is 15.2 Å². The fraction of sp³-hybridized carbons (Fsp3) is 0.375. The van der Waals surface area contributed by atoms with E-state index in [2.05, 4.69) is 10.3 Å². The number of carbonyl (C=O) groups excluding carboxylic acids is 3. The molecular weight excluding hydrogens is 506 g/mol. The van der Waals surface area contributed by atoms with Gasteiger partial charge < -0.3 is 19.7 Å². The zero-order valence-corrected chi connectivity index (χ0v) is 23.0. The normalized spacial score (nSPS) is 14.3. The fourth-order valence-electron chi connectivity index (χ4n) is 4.89. The molecule has 2 aromatic carbocycles. The number of ether oxygens (including phenoxy) is 2. The zero-order valence-electron chi connectivity index (χ0n) is 23.0. The van der Waals surface area contributed by atoms with Gasteiger partial charge in [-0.1, -0.05) is 48.5 Å². The van der Waals surface area contributed by atoms with Crippen LogP contribution in [0, 0.1) is 5.92 Å². The summed E-state index contributed by atoms with van der Waals surface area (Å²) in [4.78, 5) is 43.9. The summed E-state index contributed by atoms with van der Waals surface area (Å²) in [5.41, 5.74) is 3.02. The van der Waals surface area contributed by atoms with Crippen LogP contribution < -0.4 is 10.1 Å². The third-order valence-electron chi connectivity index (χ3n) is 7.22. The molecular formula is C32H37N3O5. The number of carbonyl (C=O) groups is 3. The van der Waals surface area contributed by atoms with Gasteiger partial charge in [-0.15, -0.1) is 0 Å². The third kappa shape index (κ3) is 8.93. The highest BCUT2D eigenvalue weighted by Gasteiger charge is 2.27. The van der Waals surface area contributed by atoms with Crippen LogP contribution in [0.5, 0.6) is 5.75 Å². The van der Waals surface area contributed by atoms with Crippen molar-refractivity contribution in [2.24, 2.45) is 5.92 Å². The second-order valence-corrected chi connectivity index (χ2v) is 10.2. The van der Waals surface area contributed by atoms with Gasteiger partial charge in [0.05, 0.1) is 7.11 Å². The zero-order chi connectivity index (χ0) is 28.2. The molecule has 1 saturated heterocycles. The largest absolute Gasteiger partial charge is 0.489 e. The Labute approximate surface area is 235 Å². The van der Waals surface area contributed by atoms with Crippen molar-refractivity contribution in [2.75, 3.05) is 20.2 Å². The smallest absolute Gasteiger partial charge is 0.328 e. The van der Waals surface area contributed by atoms with E-state index in [-0.39, 0.29) is 17.7 Å². The van der Waals surface area contributed by atoms with E-state index in [1.165, 1.54) is 7.11 Å². The summed E-state index contributed by atoms with van der Waals surface area (Å²) in [6.07, 6.45) is 6.80. The first-order valence-electron chi connectivity index (χ1n) is 13.8. The molecule has 1 aliphatic heterocycles. The topological polar surface area (TPSA) is 97.8 Å². The molecule has 8 heteroatoms. The van der Waals surface area contributed by atoms with Crippen molar-refractivity contribution in [3.05, 3.63) is 95.8 Å². The van der Waals surface area contributed by atoms with Gasteiger partial charge >= 0.3 is 5.97 Å². The summed E-state index contributed by atoms with van der Waals surface area (Å²) >= 11 is 0. The maximum Gasteiger partial charge on any atom is 0.328 e. The number of rotatable bonds is 12. The lowest BCUT2D eigenvalue weighted by Crippen LogP contribution is -2.44. The van der Waals surface area contributed by atoms with Crippen LogP contribution in [-0.2, 0) is 38.6 Å².